The van der Waals surface area contributed by atoms with E-state index in [1.54, 1.807) is 6.07 Å². The van der Waals surface area contributed by atoms with Crippen LogP contribution in [0, 0.1) is 0 Å². The van der Waals surface area contributed by atoms with Gasteiger partial charge in [0.25, 0.3) is 5.56 Å². The second-order valence-corrected chi connectivity index (χ2v) is 4.11. The van der Waals surface area contributed by atoms with Crippen LogP contribution in [-0.4, -0.2) is 10.1 Å². The zero-order valence-corrected chi connectivity index (χ0v) is 9.55. The largest absolute Gasteiger partial charge is 0.507 e. The monoisotopic (exact) mass is 237 g/mol. The van der Waals surface area contributed by atoms with Crippen molar-refractivity contribution in [3.05, 3.63) is 65.0 Å². The molecule has 0 aliphatic rings. The summed E-state index contributed by atoms with van der Waals surface area (Å²) in [6.07, 6.45) is 0. The number of hydrogen-bond acceptors (Lipinski definition) is 2. The first-order chi connectivity index (χ1) is 8.75. The summed E-state index contributed by atoms with van der Waals surface area (Å²) < 4.78 is 0. The Kier molecular flexibility index (Phi) is 2.38. The first kappa shape index (κ1) is 10.6. The van der Waals surface area contributed by atoms with Crippen LogP contribution in [0.25, 0.3) is 22.0 Å². The van der Waals surface area contributed by atoms with Gasteiger partial charge in [-0.05, 0) is 11.6 Å². The Morgan fingerprint density at radius 3 is 2.50 bits per heavy atom. The third-order valence-corrected chi connectivity index (χ3v) is 2.94. The predicted molar refractivity (Wildman–Crippen MR) is 71.7 cm³/mol. The van der Waals surface area contributed by atoms with Gasteiger partial charge in [-0.3, -0.25) is 4.79 Å². The van der Waals surface area contributed by atoms with Crippen molar-refractivity contribution in [3.8, 4) is 16.9 Å². The van der Waals surface area contributed by atoms with E-state index in [1.807, 2.05) is 42.5 Å². The number of benzene rings is 2. The molecule has 88 valence electrons. The zero-order chi connectivity index (χ0) is 12.5. The highest BCUT2D eigenvalue weighted by Gasteiger charge is 2.07. The second-order valence-electron chi connectivity index (χ2n) is 4.11. The highest BCUT2D eigenvalue weighted by Crippen LogP contribution is 2.29. The smallest absolute Gasteiger partial charge is 0.252 e. The van der Waals surface area contributed by atoms with E-state index in [9.17, 15) is 9.90 Å². The van der Waals surface area contributed by atoms with Crippen molar-refractivity contribution in [2.45, 2.75) is 0 Å². The Morgan fingerprint density at radius 1 is 0.944 bits per heavy atom. The van der Waals surface area contributed by atoms with Gasteiger partial charge >= 0.3 is 0 Å². The Morgan fingerprint density at radius 2 is 1.72 bits per heavy atom. The van der Waals surface area contributed by atoms with Crippen LogP contribution in [0.5, 0.6) is 5.75 Å². The van der Waals surface area contributed by atoms with Gasteiger partial charge in [0.2, 0.25) is 0 Å². The van der Waals surface area contributed by atoms with Crippen LogP contribution in [0.1, 0.15) is 0 Å². The maximum absolute atomic E-state index is 11.5. The third kappa shape index (κ3) is 1.66. The lowest BCUT2D eigenvalue weighted by Gasteiger charge is -2.07. The van der Waals surface area contributed by atoms with E-state index in [2.05, 4.69) is 4.98 Å². The molecule has 0 saturated heterocycles. The molecule has 3 rings (SSSR count). The van der Waals surface area contributed by atoms with Gasteiger partial charge in [0.15, 0.2) is 0 Å². The summed E-state index contributed by atoms with van der Waals surface area (Å²) >= 11 is 0. The number of aromatic hydroxyl groups is 1. The molecule has 0 fully saturated rings. The number of hydrogen-bond donors (Lipinski definition) is 2. The molecule has 3 nitrogen and oxygen atoms in total. The Hall–Kier alpha value is -2.55. The molecule has 0 bridgehead atoms. The lowest BCUT2D eigenvalue weighted by Crippen LogP contribution is -2.03. The summed E-state index contributed by atoms with van der Waals surface area (Å²) in [4.78, 5) is 14.3. The molecule has 0 spiro atoms. The number of rotatable bonds is 1. The van der Waals surface area contributed by atoms with E-state index in [1.165, 1.54) is 6.07 Å². The van der Waals surface area contributed by atoms with Crippen LogP contribution >= 0.6 is 0 Å². The van der Waals surface area contributed by atoms with Crippen LogP contribution in [0.2, 0.25) is 0 Å². The van der Waals surface area contributed by atoms with E-state index in [-0.39, 0.29) is 11.3 Å². The standard InChI is InChI=1S/C15H11NO2/c17-13-9-14(18)16-15-11(7-4-8-12(13)15)10-5-2-1-3-6-10/h1-9H,(H2,16,17,18). The SMILES string of the molecule is O=c1cc(O)c2cccc(-c3ccccc3)c2[nH]1. The average molecular weight is 237 g/mol. The highest BCUT2D eigenvalue weighted by atomic mass is 16.3. The molecule has 0 saturated carbocycles. The van der Waals surface area contributed by atoms with E-state index in [4.69, 9.17) is 0 Å². The molecule has 0 amide bonds. The maximum Gasteiger partial charge on any atom is 0.252 e. The highest BCUT2D eigenvalue weighted by molar-refractivity contribution is 5.96. The zero-order valence-electron chi connectivity index (χ0n) is 9.55. The minimum atomic E-state index is -0.302. The van der Waals surface area contributed by atoms with Gasteiger partial charge < -0.3 is 10.1 Å². The molecule has 2 aromatic carbocycles. The summed E-state index contributed by atoms with van der Waals surface area (Å²) in [5.41, 5.74) is 2.27. The summed E-state index contributed by atoms with van der Waals surface area (Å²) in [7, 11) is 0. The molecule has 0 unspecified atom stereocenters. The van der Waals surface area contributed by atoms with Crippen LogP contribution in [0.3, 0.4) is 0 Å². The number of nitrogens with one attached hydrogen (secondary N) is 1. The lowest BCUT2D eigenvalue weighted by molar-refractivity contribution is 0.480. The van der Waals surface area contributed by atoms with E-state index >= 15 is 0 Å². The number of aromatic nitrogens is 1. The number of para-hydroxylation sites is 1. The quantitative estimate of drug-likeness (QED) is 0.683. The second kappa shape index (κ2) is 4.04. The third-order valence-electron chi connectivity index (χ3n) is 2.94. The molecule has 1 aromatic heterocycles. The van der Waals surface area contributed by atoms with Crippen molar-refractivity contribution >= 4 is 10.9 Å². The summed E-state index contributed by atoms with van der Waals surface area (Å²) in [5, 5.41) is 10.5. The van der Waals surface area contributed by atoms with Crippen molar-refractivity contribution in [1.29, 1.82) is 0 Å². The number of H-pyrrole nitrogens is 1. The molecule has 18 heavy (non-hydrogen) atoms. The molecular weight excluding hydrogens is 226 g/mol. The van der Waals surface area contributed by atoms with Crippen molar-refractivity contribution in [1.82, 2.24) is 4.98 Å². The van der Waals surface area contributed by atoms with E-state index in [0.717, 1.165) is 11.1 Å². The van der Waals surface area contributed by atoms with Gasteiger partial charge in [-0.2, -0.15) is 0 Å². The molecule has 2 N–H and O–H groups in total. The van der Waals surface area contributed by atoms with Gasteiger partial charge in [0.1, 0.15) is 5.75 Å². The van der Waals surface area contributed by atoms with E-state index < -0.39 is 0 Å². The van der Waals surface area contributed by atoms with Gasteiger partial charge in [0, 0.05) is 17.0 Å². The fourth-order valence-electron chi connectivity index (χ4n) is 2.12. The molecule has 0 atom stereocenters. The van der Waals surface area contributed by atoms with Gasteiger partial charge in [-0.1, -0.05) is 42.5 Å². The van der Waals surface area contributed by atoms with E-state index in [0.29, 0.717) is 10.9 Å². The molecular formula is C15H11NO2. The molecule has 0 radical (unpaired) electrons. The van der Waals surface area contributed by atoms with Crippen molar-refractivity contribution < 1.29 is 5.11 Å². The summed E-state index contributed by atoms with van der Waals surface area (Å²) in [5.74, 6) is 0.00605. The Balaban J connectivity index is 2.41. The summed E-state index contributed by atoms with van der Waals surface area (Å²) in [6, 6.07) is 16.5. The molecule has 3 heteroatoms. The van der Waals surface area contributed by atoms with Crippen LogP contribution < -0.4 is 5.56 Å². The van der Waals surface area contributed by atoms with Crippen LogP contribution in [0.4, 0.5) is 0 Å². The Labute approximate surface area is 103 Å². The first-order valence-electron chi connectivity index (χ1n) is 5.66. The molecule has 0 aliphatic heterocycles. The van der Waals surface area contributed by atoms with Gasteiger partial charge in [0.05, 0.1) is 5.52 Å². The van der Waals surface area contributed by atoms with Crippen LogP contribution in [-0.2, 0) is 0 Å². The minimum absolute atomic E-state index is 0.00605. The van der Waals surface area contributed by atoms with Crippen molar-refractivity contribution in [3.63, 3.8) is 0 Å². The fraction of sp³-hybridized carbons (Fsp3) is 0. The number of pyridine rings is 1. The Bertz CT molecular complexity index is 760. The molecule has 3 aromatic rings. The molecule has 0 aliphatic carbocycles. The summed E-state index contributed by atoms with van der Waals surface area (Å²) in [6.45, 7) is 0. The van der Waals surface area contributed by atoms with Gasteiger partial charge in [-0.25, -0.2) is 0 Å². The normalized spacial score (nSPS) is 10.7. The predicted octanol–water partition coefficient (Wildman–Crippen LogP) is 2.90. The van der Waals surface area contributed by atoms with Crippen molar-refractivity contribution in [2.24, 2.45) is 0 Å². The van der Waals surface area contributed by atoms with Crippen molar-refractivity contribution in [2.75, 3.05) is 0 Å². The topological polar surface area (TPSA) is 53.1 Å². The molecule has 1 heterocycles. The average Bonchev–Trinajstić information content (AvgIpc) is 2.39. The minimum Gasteiger partial charge on any atom is -0.507 e. The fourth-order valence-corrected chi connectivity index (χ4v) is 2.12. The first-order valence-corrected chi connectivity index (χ1v) is 5.66. The number of fused-ring (bicyclic) bond motifs is 1. The number of aromatic amines is 1. The van der Waals surface area contributed by atoms with Crippen LogP contribution in [0.15, 0.2) is 59.4 Å². The van der Waals surface area contributed by atoms with Gasteiger partial charge in [-0.15, -0.1) is 0 Å². The maximum atomic E-state index is 11.5. The lowest BCUT2D eigenvalue weighted by atomic mass is 10.0.